The van der Waals surface area contributed by atoms with Gasteiger partial charge in [-0.2, -0.15) is 0 Å². The third kappa shape index (κ3) is 8.49. The van der Waals surface area contributed by atoms with Crippen LogP contribution >= 0.6 is 0 Å². The van der Waals surface area contributed by atoms with Gasteiger partial charge in [-0.1, -0.05) is 62.4 Å². The van der Waals surface area contributed by atoms with Crippen LogP contribution in [-0.2, 0) is 16.1 Å². The van der Waals surface area contributed by atoms with Crippen LogP contribution in [0.5, 0.6) is 0 Å². The van der Waals surface area contributed by atoms with Crippen molar-refractivity contribution in [3.8, 4) is 0 Å². The fourth-order valence-electron chi connectivity index (χ4n) is 3.31. The molecule has 0 N–H and O–H groups in total. The van der Waals surface area contributed by atoms with Gasteiger partial charge >= 0.3 is 5.97 Å². The number of likely N-dealkylation sites (tertiary alicyclic amines) is 1. The van der Waals surface area contributed by atoms with Crippen molar-refractivity contribution in [3.63, 3.8) is 0 Å². The Bertz CT molecular complexity index is 440. The predicted molar refractivity (Wildman–Crippen MR) is 98.8 cm³/mol. The van der Waals surface area contributed by atoms with Crippen molar-refractivity contribution in [2.75, 3.05) is 19.6 Å². The van der Waals surface area contributed by atoms with Gasteiger partial charge in [0.2, 0.25) is 0 Å². The highest BCUT2D eigenvalue weighted by Gasteiger charge is 2.09. The summed E-state index contributed by atoms with van der Waals surface area (Å²) < 4.78 is 5.29. The maximum Gasteiger partial charge on any atom is 0.306 e. The molecular weight excluding hydrogens is 298 g/mol. The minimum Gasteiger partial charge on any atom is -0.461 e. The zero-order valence-corrected chi connectivity index (χ0v) is 15.0. The molecule has 0 aliphatic carbocycles. The highest BCUT2D eigenvalue weighted by molar-refractivity contribution is 5.69. The molecule has 1 aliphatic heterocycles. The maximum absolute atomic E-state index is 11.7. The molecule has 0 bridgehead atoms. The highest BCUT2D eigenvalue weighted by atomic mass is 16.5. The quantitative estimate of drug-likeness (QED) is 0.401. The molecule has 0 atom stereocenters. The number of rotatable bonds is 12. The van der Waals surface area contributed by atoms with E-state index in [1.807, 2.05) is 30.3 Å². The molecule has 1 aliphatic rings. The first kappa shape index (κ1) is 19.0. The Morgan fingerprint density at radius 2 is 1.50 bits per heavy atom. The molecule has 1 aromatic rings. The number of esters is 1. The van der Waals surface area contributed by atoms with Gasteiger partial charge in [0.05, 0.1) is 0 Å². The Kier molecular flexibility index (Phi) is 9.55. The summed E-state index contributed by atoms with van der Waals surface area (Å²) in [5.74, 6) is -0.0653. The van der Waals surface area contributed by atoms with Gasteiger partial charge in [0.1, 0.15) is 6.61 Å². The molecule has 0 aromatic heterocycles. The lowest BCUT2D eigenvalue weighted by Gasteiger charge is -2.13. The van der Waals surface area contributed by atoms with Gasteiger partial charge in [-0.25, -0.2) is 0 Å². The number of hydrogen-bond donors (Lipinski definition) is 0. The summed E-state index contributed by atoms with van der Waals surface area (Å²) >= 11 is 0. The van der Waals surface area contributed by atoms with Crippen LogP contribution in [0, 0.1) is 0 Å². The highest BCUT2D eigenvalue weighted by Crippen LogP contribution is 2.12. The second-order valence-corrected chi connectivity index (χ2v) is 6.92. The molecule has 0 unspecified atom stereocenters. The molecule has 1 fully saturated rings. The van der Waals surface area contributed by atoms with Crippen LogP contribution in [0.4, 0.5) is 0 Å². The second kappa shape index (κ2) is 12.1. The lowest BCUT2D eigenvalue weighted by Crippen LogP contribution is -2.20. The third-order valence-electron chi connectivity index (χ3n) is 4.80. The molecule has 0 saturated carbocycles. The van der Waals surface area contributed by atoms with E-state index in [2.05, 4.69) is 4.90 Å². The normalized spacial score (nSPS) is 14.8. The van der Waals surface area contributed by atoms with Gasteiger partial charge in [0.15, 0.2) is 0 Å². The summed E-state index contributed by atoms with van der Waals surface area (Å²) in [4.78, 5) is 14.3. The van der Waals surface area contributed by atoms with Gasteiger partial charge in [-0.05, 0) is 50.9 Å². The summed E-state index contributed by atoms with van der Waals surface area (Å²) in [6.45, 7) is 4.34. The zero-order valence-electron chi connectivity index (χ0n) is 15.0. The van der Waals surface area contributed by atoms with Crippen LogP contribution in [0.1, 0.15) is 69.8 Å². The Labute approximate surface area is 147 Å². The van der Waals surface area contributed by atoms with E-state index < -0.39 is 0 Å². The molecule has 0 spiro atoms. The number of carbonyl (C=O) groups is 1. The van der Waals surface area contributed by atoms with E-state index in [9.17, 15) is 4.79 Å². The van der Waals surface area contributed by atoms with Crippen molar-refractivity contribution in [1.82, 2.24) is 4.90 Å². The number of nitrogens with zero attached hydrogens (tertiary/aromatic N) is 1. The largest absolute Gasteiger partial charge is 0.461 e. The number of ether oxygens (including phenoxy) is 1. The van der Waals surface area contributed by atoms with Crippen molar-refractivity contribution < 1.29 is 9.53 Å². The van der Waals surface area contributed by atoms with Crippen LogP contribution in [-0.4, -0.2) is 30.5 Å². The molecule has 3 heteroatoms. The SMILES string of the molecule is O=C(CCCCCCCCCN1CCCC1)OCc1ccccc1. The summed E-state index contributed by atoms with van der Waals surface area (Å²) in [6.07, 6.45) is 12.1. The van der Waals surface area contributed by atoms with Crippen LogP contribution < -0.4 is 0 Å². The van der Waals surface area contributed by atoms with Gasteiger partial charge in [-0.15, -0.1) is 0 Å². The number of carbonyl (C=O) groups excluding carboxylic acids is 1. The predicted octanol–water partition coefficient (Wildman–Crippen LogP) is 4.95. The first-order valence-electron chi connectivity index (χ1n) is 9.76. The Morgan fingerprint density at radius 3 is 2.21 bits per heavy atom. The van der Waals surface area contributed by atoms with Gasteiger partial charge < -0.3 is 9.64 Å². The minimum atomic E-state index is -0.0653. The lowest BCUT2D eigenvalue weighted by atomic mass is 10.1. The van der Waals surface area contributed by atoms with E-state index in [4.69, 9.17) is 4.74 Å². The molecule has 3 nitrogen and oxygen atoms in total. The maximum atomic E-state index is 11.7. The average molecular weight is 331 g/mol. The molecular formula is C21H33NO2. The van der Waals surface area contributed by atoms with Crippen molar-refractivity contribution in [1.29, 1.82) is 0 Å². The van der Waals surface area contributed by atoms with Gasteiger partial charge in [-0.3, -0.25) is 4.79 Å². The second-order valence-electron chi connectivity index (χ2n) is 6.92. The van der Waals surface area contributed by atoms with Crippen LogP contribution in [0.25, 0.3) is 0 Å². The summed E-state index contributed by atoms with van der Waals surface area (Å²) in [5, 5.41) is 0. The van der Waals surface area contributed by atoms with Crippen molar-refractivity contribution in [2.24, 2.45) is 0 Å². The number of benzene rings is 1. The monoisotopic (exact) mass is 331 g/mol. The van der Waals surface area contributed by atoms with Crippen LogP contribution in [0.3, 0.4) is 0 Å². The molecule has 1 heterocycles. The molecule has 1 aromatic carbocycles. The van der Waals surface area contributed by atoms with E-state index in [1.54, 1.807) is 0 Å². The summed E-state index contributed by atoms with van der Waals surface area (Å²) in [7, 11) is 0. The summed E-state index contributed by atoms with van der Waals surface area (Å²) in [5.41, 5.74) is 1.06. The molecule has 0 radical (unpaired) electrons. The number of hydrogen-bond acceptors (Lipinski definition) is 3. The Morgan fingerprint density at radius 1 is 0.875 bits per heavy atom. The molecule has 134 valence electrons. The van der Waals surface area contributed by atoms with Crippen molar-refractivity contribution in [3.05, 3.63) is 35.9 Å². The van der Waals surface area contributed by atoms with E-state index in [1.165, 1.54) is 64.6 Å². The fraction of sp³-hybridized carbons (Fsp3) is 0.667. The topological polar surface area (TPSA) is 29.5 Å². The Balaban J connectivity index is 1.35. The van der Waals surface area contributed by atoms with Crippen molar-refractivity contribution >= 4 is 5.97 Å². The molecule has 1 saturated heterocycles. The lowest BCUT2D eigenvalue weighted by molar-refractivity contribution is -0.145. The number of unbranched alkanes of at least 4 members (excludes halogenated alkanes) is 6. The summed E-state index contributed by atoms with van der Waals surface area (Å²) in [6, 6.07) is 9.87. The standard InChI is InChI=1S/C21H33NO2/c23-21(24-19-20-13-7-6-8-14-20)15-9-4-2-1-3-5-10-16-22-17-11-12-18-22/h6-8,13-14H,1-5,9-12,15-19H2. The minimum absolute atomic E-state index is 0.0653. The third-order valence-corrected chi connectivity index (χ3v) is 4.80. The van der Waals surface area contributed by atoms with E-state index in [0.717, 1.165) is 18.4 Å². The van der Waals surface area contributed by atoms with Crippen LogP contribution in [0.2, 0.25) is 0 Å². The zero-order chi connectivity index (χ0) is 16.9. The van der Waals surface area contributed by atoms with Crippen molar-refractivity contribution in [2.45, 2.75) is 70.8 Å². The van der Waals surface area contributed by atoms with Gasteiger partial charge in [0, 0.05) is 6.42 Å². The van der Waals surface area contributed by atoms with Gasteiger partial charge in [0.25, 0.3) is 0 Å². The average Bonchev–Trinajstić information content (AvgIpc) is 3.13. The van der Waals surface area contributed by atoms with E-state index in [0.29, 0.717) is 13.0 Å². The molecule has 24 heavy (non-hydrogen) atoms. The first-order chi connectivity index (χ1) is 11.8. The van der Waals surface area contributed by atoms with E-state index in [-0.39, 0.29) is 5.97 Å². The first-order valence-corrected chi connectivity index (χ1v) is 9.76. The molecule has 0 amide bonds. The smallest absolute Gasteiger partial charge is 0.306 e. The van der Waals surface area contributed by atoms with E-state index >= 15 is 0 Å². The Hall–Kier alpha value is -1.35. The fourth-order valence-corrected chi connectivity index (χ4v) is 3.31. The molecule has 2 rings (SSSR count). The van der Waals surface area contributed by atoms with Crippen LogP contribution in [0.15, 0.2) is 30.3 Å².